The van der Waals surface area contributed by atoms with Crippen molar-refractivity contribution in [3.05, 3.63) is 41.6 Å². The molecule has 3 rings (SSSR count). The summed E-state index contributed by atoms with van der Waals surface area (Å²) in [4.78, 5) is 16.7. The predicted molar refractivity (Wildman–Crippen MR) is 92.1 cm³/mol. The number of amides is 1. The first-order chi connectivity index (χ1) is 12.2. The highest BCUT2D eigenvalue weighted by Crippen LogP contribution is 2.25. The highest BCUT2D eigenvalue weighted by Gasteiger charge is 2.22. The number of hydrogen-bond acceptors (Lipinski definition) is 6. The Morgan fingerprint density at radius 3 is 3.00 bits per heavy atom. The molecule has 25 heavy (non-hydrogen) atoms. The summed E-state index contributed by atoms with van der Waals surface area (Å²) in [5.41, 5.74) is 1.16. The van der Waals surface area contributed by atoms with Crippen LogP contribution in [-0.4, -0.2) is 38.2 Å². The van der Waals surface area contributed by atoms with Crippen molar-refractivity contribution < 1.29 is 18.7 Å². The first kappa shape index (κ1) is 17.3. The van der Waals surface area contributed by atoms with E-state index in [1.807, 2.05) is 12.1 Å². The molecule has 0 bridgehead atoms. The van der Waals surface area contributed by atoms with Crippen LogP contribution in [0, 0.1) is 0 Å². The van der Waals surface area contributed by atoms with Crippen LogP contribution in [0.4, 0.5) is 0 Å². The van der Waals surface area contributed by atoms with Gasteiger partial charge in [-0.2, -0.15) is 0 Å². The quantitative estimate of drug-likeness (QED) is 0.834. The van der Waals surface area contributed by atoms with Gasteiger partial charge in [-0.05, 0) is 31.5 Å². The Bertz CT molecular complexity index is 723. The highest BCUT2D eigenvalue weighted by atomic mass is 16.5. The molecule has 2 heterocycles. The summed E-state index contributed by atoms with van der Waals surface area (Å²) in [5, 5.41) is 6.16. The van der Waals surface area contributed by atoms with Crippen molar-refractivity contribution in [3.63, 3.8) is 0 Å². The second-order valence-electron chi connectivity index (χ2n) is 5.97. The minimum Gasteiger partial charge on any atom is -0.497 e. The van der Waals surface area contributed by atoms with Gasteiger partial charge in [0.15, 0.2) is 11.6 Å². The summed E-state index contributed by atoms with van der Waals surface area (Å²) < 4.78 is 16.0. The maximum Gasteiger partial charge on any atom is 0.273 e. The Kier molecular flexibility index (Phi) is 5.55. The summed E-state index contributed by atoms with van der Waals surface area (Å²) in [6, 6.07) is 5.47. The van der Waals surface area contributed by atoms with Crippen LogP contribution in [0.1, 0.15) is 40.7 Å². The number of carbonyl (C=O) groups excluding carboxylic acids is 1. The smallest absolute Gasteiger partial charge is 0.273 e. The zero-order valence-electron chi connectivity index (χ0n) is 14.5. The lowest BCUT2D eigenvalue weighted by molar-refractivity contribution is 0.0945. The average molecular weight is 345 g/mol. The van der Waals surface area contributed by atoms with Gasteiger partial charge in [0.1, 0.15) is 17.8 Å². The molecule has 1 unspecified atom stereocenters. The van der Waals surface area contributed by atoms with Gasteiger partial charge >= 0.3 is 0 Å². The standard InChI is InChI=1S/C18H23N3O4/c1-23-14-6-5-12(16(8-14)24-2)10-20-17(22)15-11-25-18(21-15)13-4-3-7-19-9-13/h5-6,8,11,13,19H,3-4,7,9-10H2,1-2H3,(H,20,22). The van der Waals surface area contributed by atoms with Crippen molar-refractivity contribution in [2.45, 2.75) is 25.3 Å². The number of methoxy groups -OCH3 is 2. The Labute approximate surface area is 146 Å². The normalized spacial score (nSPS) is 17.1. The molecule has 7 heteroatoms. The van der Waals surface area contributed by atoms with Gasteiger partial charge in [-0.1, -0.05) is 0 Å². The van der Waals surface area contributed by atoms with E-state index in [-0.39, 0.29) is 11.8 Å². The minimum atomic E-state index is -0.267. The topological polar surface area (TPSA) is 85.6 Å². The highest BCUT2D eigenvalue weighted by molar-refractivity contribution is 5.91. The Morgan fingerprint density at radius 2 is 2.28 bits per heavy atom. The molecule has 1 saturated heterocycles. The maximum absolute atomic E-state index is 12.3. The molecule has 1 amide bonds. The van der Waals surface area contributed by atoms with Crippen molar-refractivity contribution in [3.8, 4) is 11.5 Å². The molecule has 2 N–H and O–H groups in total. The van der Waals surface area contributed by atoms with E-state index in [9.17, 15) is 4.79 Å². The molecule has 134 valence electrons. The summed E-state index contributed by atoms with van der Waals surface area (Å²) in [6.45, 7) is 2.19. The van der Waals surface area contributed by atoms with E-state index in [2.05, 4.69) is 15.6 Å². The van der Waals surface area contributed by atoms with Crippen molar-refractivity contribution >= 4 is 5.91 Å². The van der Waals surface area contributed by atoms with Crippen LogP contribution in [0.5, 0.6) is 11.5 Å². The van der Waals surface area contributed by atoms with Crippen molar-refractivity contribution in [1.29, 1.82) is 0 Å². The second kappa shape index (κ2) is 8.02. The molecule has 0 saturated carbocycles. The van der Waals surface area contributed by atoms with Crippen molar-refractivity contribution in [1.82, 2.24) is 15.6 Å². The van der Waals surface area contributed by atoms with E-state index in [1.165, 1.54) is 6.26 Å². The third kappa shape index (κ3) is 4.11. The van der Waals surface area contributed by atoms with Gasteiger partial charge in [0.2, 0.25) is 0 Å². The largest absolute Gasteiger partial charge is 0.497 e. The number of oxazole rings is 1. The lowest BCUT2D eigenvalue weighted by Gasteiger charge is -2.19. The third-order valence-electron chi connectivity index (χ3n) is 4.33. The Balaban J connectivity index is 1.62. The van der Waals surface area contributed by atoms with Crippen LogP contribution in [0.2, 0.25) is 0 Å². The van der Waals surface area contributed by atoms with Gasteiger partial charge in [0.25, 0.3) is 5.91 Å². The van der Waals surface area contributed by atoms with E-state index >= 15 is 0 Å². The summed E-state index contributed by atoms with van der Waals surface area (Å²) in [5.74, 6) is 1.95. The molecule has 1 fully saturated rings. The van der Waals surface area contributed by atoms with Gasteiger partial charge in [-0.15, -0.1) is 0 Å². The molecular weight excluding hydrogens is 322 g/mol. The van der Waals surface area contributed by atoms with Crippen LogP contribution >= 0.6 is 0 Å². The van der Waals surface area contributed by atoms with E-state index in [4.69, 9.17) is 13.9 Å². The van der Waals surface area contributed by atoms with E-state index in [0.717, 1.165) is 31.5 Å². The first-order valence-electron chi connectivity index (χ1n) is 8.36. The molecule has 1 aromatic heterocycles. The van der Waals surface area contributed by atoms with Crippen LogP contribution in [0.15, 0.2) is 28.9 Å². The van der Waals surface area contributed by atoms with E-state index in [1.54, 1.807) is 20.3 Å². The van der Waals surface area contributed by atoms with E-state index in [0.29, 0.717) is 29.6 Å². The lowest BCUT2D eigenvalue weighted by atomic mass is 10.00. The third-order valence-corrected chi connectivity index (χ3v) is 4.33. The Morgan fingerprint density at radius 1 is 1.40 bits per heavy atom. The van der Waals surface area contributed by atoms with Crippen LogP contribution in [0.3, 0.4) is 0 Å². The number of ether oxygens (including phenoxy) is 2. The van der Waals surface area contributed by atoms with Crippen molar-refractivity contribution in [2.75, 3.05) is 27.3 Å². The minimum absolute atomic E-state index is 0.233. The molecule has 7 nitrogen and oxygen atoms in total. The summed E-state index contributed by atoms with van der Waals surface area (Å²) >= 11 is 0. The second-order valence-corrected chi connectivity index (χ2v) is 5.97. The number of aromatic nitrogens is 1. The molecule has 2 aromatic rings. The lowest BCUT2D eigenvalue weighted by Crippen LogP contribution is -2.28. The number of benzene rings is 1. The van der Waals surface area contributed by atoms with Gasteiger partial charge in [0, 0.05) is 30.6 Å². The fraction of sp³-hybridized carbons (Fsp3) is 0.444. The molecule has 0 aliphatic carbocycles. The van der Waals surface area contributed by atoms with Crippen LogP contribution in [0.25, 0.3) is 0 Å². The zero-order valence-corrected chi connectivity index (χ0v) is 14.5. The number of hydrogen-bond donors (Lipinski definition) is 2. The first-order valence-corrected chi connectivity index (χ1v) is 8.36. The molecule has 0 radical (unpaired) electrons. The fourth-order valence-corrected chi connectivity index (χ4v) is 2.91. The average Bonchev–Trinajstić information content (AvgIpc) is 3.17. The predicted octanol–water partition coefficient (Wildman–Crippen LogP) is 2.09. The fourth-order valence-electron chi connectivity index (χ4n) is 2.91. The number of nitrogens with one attached hydrogen (secondary N) is 2. The summed E-state index contributed by atoms with van der Waals surface area (Å²) in [7, 11) is 3.18. The summed E-state index contributed by atoms with van der Waals surface area (Å²) in [6.07, 6.45) is 3.54. The van der Waals surface area contributed by atoms with E-state index < -0.39 is 0 Å². The SMILES string of the molecule is COc1ccc(CNC(=O)c2coc(C3CCCNC3)n2)c(OC)c1. The van der Waals surface area contributed by atoms with Gasteiger partial charge in [-0.3, -0.25) is 4.79 Å². The van der Waals surface area contributed by atoms with Gasteiger partial charge in [0.05, 0.1) is 14.2 Å². The molecule has 0 spiro atoms. The molecule has 1 aromatic carbocycles. The van der Waals surface area contributed by atoms with Crippen LogP contribution in [-0.2, 0) is 6.54 Å². The maximum atomic E-state index is 12.3. The van der Waals surface area contributed by atoms with Crippen molar-refractivity contribution in [2.24, 2.45) is 0 Å². The molecule has 1 aliphatic rings. The monoisotopic (exact) mass is 345 g/mol. The number of rotatable bonds is 6. The molecule has 1 atom stereocenters. The number of carbonyl (C=O) groups is 1. The number of nitrogens with zero attached hydrogens (tertiary/aromatic N) is 1. The van der Waals surface area contributed by atoms with Crippen LogP contribution < -0.4 is 20.1 Å². The van der Waals surface area contributed by atoms with Gasteiger partial charge in [-0.25, -0.2) is 4.98 Å². The zero-order chi connectivity index (χ0) is 17.6. The van der Waals surface area contributed by atoms with Gasteiger partial charge < -0.3 is 24.5 Å². The molecule has 1 aliphatic heterocycles. The number of piperidine rings is 1. The Hall–Kier alpha value is -2.54. The molecular formula is C18H23N3O4.